The van der Waals surface area contributed by atoms with Crippen LogP contribution in [-0.2, 0) is 14.1 Å². The van der Waals surface area contributed by atoms with E-state index in [0.29, 0.717) is 0 Å². The van der Waals surface area contributed by atoms with E-state index in [-0.39, 0.29) is 6.04 Å². The van der Waals surface area contributed by atoms with E-state index in [1.165, 1.54) is 0 Å². The molecule has 0 bridgehead atoms. The Morgan fingerprint density at radius 2 is 2.11 bits per heavy atom. The Morgan fingerprint density at radius 1 is 1.37 bits per heavy atom. The van der Waals surface area contributed by atoms with Gasteiger partial charge in [-0.3, -0.25) is 4.68 Å². The van der Waals surface area contributed by atoms with Gasteiger partial charge in [-0.05, 0) is 35.8 Å². The second kappa shape index (κ2) is 5.83. The summed E-state index contributed by atoms with van der Waals surface area (Å²) in [7, 11) is 3.85. The standard InChI is InChI=1S/C12H19BrN6/c1-5-6-14-10(9-7-15-18(3)8(9)2)11-12(13)16-17-19(11)4/h7,10,14H,5-6H2,1-4H3. The molecule has 104 valence electrons. The highest BCUT2D eigenvalue weighted by atomic mass is 79.9. The summed E-state index contributed by atoms with van der Waals surface area (Å²) >= 11 is 3.48. The van der Waals surface area contributed by atoms with Crippen molar-refractivity contribution in [3.05, 3.63) is 27.8 Å². The number of hydrogen-bond acceptors (Lipinski definition) is 4. The van der Waals surface area contributed by atoms with E-state index >= 15 is 0 Å². The average Bonchev–Trinajstić information content (AvgIpc) is 2.88. The molecule has 19 heavy (non-hydrogen) atoms. The minimum absolute atomic E-state index is 0.0445. The highest BCUT2D eigenvalue weighted by Gasteiger charge is 2.24. The number of aryl methyl sites for hydroxylation is 2. The molecule has 2 rings (SSSR count). The Hall–Kier alpha value is -1.21. The smallest absolute Gasteiger partial charge is 0.153 e. The second-order valence-corrected chi connectivity index (χ2v) is 5.34. The molecule has 0 aliphatic rings. The van der Waals surface area contributed by atoms with Crippen LogP contribution < -0.4 is 5.32 Å². The van der Waals surface area contributed by atoms with Crippen LogP contribution in [-0.4, -0.2) is 31.3 Å². The Balaban J connectivity index is 2.44. The lowest BCUT2D eigenvalue weighted by Crippen LogP contribution is -2.26. The number of aromatic nitrogens is 5. The first kappa shape index (κ1) is 14.2. The summed E-state index contributed by atoms with van der Waals surface area (Å²) in [6.07, 6.45) is 2.97. The minimum Gasteiger partial charge on any atom is -0.305 e. The van der Waals surface area contributed by atoms with Crippen LogP contribution in [0.2, 0.25) is 0 Å². The molecule has 6 nitrogen and oxygen atoms in total. The van der Waals surface area contributed by atoms with Gasteiger partial charge in [0.1, 0.15) is 0 Å². The van der Waals surface area contributed by atoms with Crippen molar-refractivity contribution in [2.75, 3.05) is 6.54 Å². The Morgan fingerprint density at radius 3 is 2.58 bits per heavy atom. The molecule has 0 saturated heterocycles. The van der Waals surface area contributed by atoms with Crippen LogP contribution in [0.1, 0.15) is 36.3 Å². The van der Waals surface area contributed by atoms with Gasteiger partial charge in [-0.2, -0.15) is 5.10 Å². The van der Waals surface area contributed by atoms with Crippen molar-refractivity contribution >= 4 is 15.9 Å². The van der Waals surface area contributed by atoms with Gasteiger partial charge in [-0.25, -0.2) is 4.68 Å². The molecule has 0 amide bonds. The molecule has 7 heteroatoms. The zero-order valence-electron chi connectivity index (χ0n) is 11.7. The molecule has 0 aliphatic heterocycles. The molecule has 0 saturated carbocycles. The summed E-state index contributed by atoms with van der Waals surface area (Å²) in [6.45, 7) is 5.15. The maximum atomic E-state index is 4.33. The van der Waals surface area contributed by atoms with Gasteiger partial charge in [0.15, 0.2) is 4.60 Å². The molecule has 0 spiro atoms. The van der Waals surface area contributed by atoms with Gasteiger partial charge in [0, 0.05) is 25.4 Å². The van der Waals surface area contributed by atoms with Crippen LogP contribution in [0.25, 0.3) is 0 Å². The number of nitrogens with zero attached hydrogens (tertiary/aromatic N) is 5. The van der Waals surface area contributed by atoms with Gasteiger partial charge < -0.3 is 5.32 Å². The molecule has 0 aromatic carbocycles. The molecule has 0 radical (unpaired) electrons. The maximum Gasteiger partial charge on any atom is 0.153 e. The van der Waals surface area contributed by atoms with Crippen molar-refractivity contribution in [3.63, 3.8) is 0 Å². The van der Waals surface area contributed by atoms with Crippen LogP contribution in [0.15, 0.2) is 10.8 Å². The Labute approximate surface area is 121 Å². The van der Waals surface area contributed by atoms with Crippen LogP contribution in [0, 0.1) is 6.92 Å². The van der Waals surface area contributed by atoms with Gasteiger partial charge in [0.2, 0.25) is 0 Å². The van der Waals surface area contributed by atoms with Crippen LogP contribution in [0.5, 0.6) is 0 Å². The molecule has 1 N–H and O–H groups in total. The summed E-state index contributed by atoms with van der Waals surface area (Å²) in [5.74, 6) is 0. The van der Waals surface area contributed by atoms with E-state index in [4.69, 9.17) is 0 Å². The van der Waals surface area contributed by atoms with Gasteiger partial charge in [0.25, 0.3) is 0 Å². The lowest BCUT2D eigenvalue weighted by molar-refractivity contribution is 0.547. The first-order valence-electron chi connectivity index (χ1n) is 6.33. The SMILES string of the molecule is CCCNC(c1cnn(C)c1C)c1c(Br)nnn1C. The zero-order chi connectivity index (χ0) is 14.0. The predicted molar refractivity (Wildman–Crippen MR) is 76.8 cm³/mol. The predicted octanol–water partition coefficient (Wildman–Crippen LogP) is 1.71. The van der Waals surface area contributed by atoms with Crippen molar-refractivity contribution in [1.82, 2.24) is 30.1 Å². The van der Waals surface area contributed by atoms with Crippen LogP contribution in [0.3, 0.4) is 0 Å². The van der Waals surface area contributed by atoms with Gasteiger partial charge >= 0.3 is 0 Å². The molecule has 0 fully saturated rings. The van der Waals surface area contributed by atoms with E-state index in [9.17, 15) is 0 Å². The number of nitrogens with one attached hydrogen (secondary N) is 1. The van der Waals surface area contributed by atoms with E-state index < -0.39 is 0 Å². The highest BCUT2D eigenvalue weighted by molar-refractivity contribution is 9.10. The number of rotatable bonds is 5. The first-order chi connectivity index (χ1) is 9.06. The van der Waals surface area contributed by atoms with Crippen molar-refractivity contribution < 1.29 is 0 Å². The van der Waals surface area contributed by atoms with Crippen molar-refractivity contribution in [1.29, 1.82) is 0 Å². The normalized spacial score (nSPS) is 12.9. The summed E-state index contributed by atoms with van der Waals surface area (Å²) in [4.78, 5) is 0. The summed E-state index contributed by atoms with van der Waals surface area (Å²) in [5.41, 5.74) is 3.31. The second-order valence-electron chi connectivity index (χ2n) is 4.59. The van der Waals surface area contributed by atoms with E-state index in [1.807, 2.05) is 25.0 Å². The lowest BCUT2D eigenvalue weighted by Gasteiger charge is -2.18. The fourth-order valence-electron chi connectivity index (χ4n) is 2.09. The molecule has 2 aromatic heterocycles. The topological polar surface area (TPSA) is 60.6 Å². The van der Waals surface area contributed by atoms with Gasteiger partial charge in [0.05, 0.1) is 17.9 Å². The molecular formula is C12H19BrN6. The van der Waals surface area contributed by atoms with Crippen molar-refractivity contribution in [3.8, 4) is 0 Å². The van der Waals surface area contributed by atoms with Gasteiger partial charge in [-0.1, -0.05) is 12.1 Å². The maximum absolute atomic E-state index is 4.33. The summed E-state index contributed by atoms with van der Waals surface area (Å²) < 4.78 is 4.45. The quantitative estimate of drug-likeness (QED) is 0.908. The van der Waals surface area contributed by atoms with Crippen molar-refractivity contribution in [2.24, 2.45) is 14.1 Å². The fourth-order valence-corrected chi connectivity index (χ4v) is 2.64. The van der Waals surface area contributed by atoms with Gasteiger partial charge in [-0.15, -0.1) is 5.10 Å². The number of halogens is 1. The third-order valence-electron chi connectivity index (χ3n) is 3.28. The Bertz CT molecular complexity index is 539. The molecule has 1 atom stereocenters. The zero-order valence-corrected chi connectivity index (χ0v) is 13.3. The third kappa shape index (κ3) is 2.71. The van der Waals surface area contributed by atoms with Crippen LogP contribution in [0.4, 0.5) is 0 Å². The lowest BCUT2D eigenvalue weighted by atomic mass is 10.1. The Kier molecular flexibility index (Phi) is 4.36. The van der Waals surface area contributed by atoms with Crippen LogP contribution >= 0.6 is 15.9 Å². The average molecular weight is 327 g/mol. The molecule has 0 aliphatic carbocycles. The largest absolute Gasteiger partial charge is 0.305 e. The minimum atomic E-state index is 0.0445. The third-order valence-corrected chi connectivity index (χ3v) is 3.85. The fraction of sp³-hybridized carbons (Fsp3) is 0.583. The van der Waals surface area contributed by atoms with E-state index in [2.05, 4.69) is 50.5 Å². The molecule has 2 heterocycles. The highest BCUT2D eigenvalue weighted by Crippen LogP contribution is 2.28. The van der Waals surface area contributed by atoms with Crippen molar-refractivity contribution in [2.45, 2.75) is 26.3 Å². The van der Waals surface area contributed by atoms with E-state index in [0.717, 1.165) is 34.5 Å². The summed E-state index contributed by atoms with van der Waals surface area (Å²) in [6, 6.07) is 0.0445. The molecule has 1 unspecified atom stereocenters. The monoisotopic (exact) mass is 326 g/mol. The van der Waals surface area contributed by atoms with E-state index in [1.54, 1.807) is 4.68 Å². The first-order valence-corrected chi connectivity index (χ1v) is 7.12. The summed E-state index contributed by atoms with van der Waals surface area (Å²) in [5, 5.41) is 16.0. The molecule has 2 aromatic rings. The molecular weight excluding hydrogens is 308 g/mol. The number of hydrogen-bond donors (Lipinski definition) is 1.